The van der Waals surface area contributed by atoms with Crippen molar-refractivity contribution in [3.8, 4) is 11.1 Å². The molecule has 0 N–H and O–H groups in total. The van der Waals surface area contributed by atoms with E-state index in [1.165, 1.54) is 50.1 Å². The van der Waals surface area contributed by atoms with Gasteiger partial charge in [-0.2, -0.15) is 0 Å². The predicted molar refractivity (Wildman–Crippen MR) is 151 cm³/mol. The molecule has 0 nitrogen and oxygen atoms in total. The zero-order chi connectivity index (χ0) is 24.8. The van der Waals surface area contributed by atoms with Crippen molar-refractivity contribution < 1.29 is 21.3 Å². The van der Waals surface area contributed by atoms with Crippen molar-refractivity contribution in [2.45, 2.75) is 40.5 Å². The number of aryl methyl sites for hydroxylation is 4. The van der Waals surface area contributed by atoms with Crippen molar-refractivity contribution in [2.24, 2.45) is 0 Å². The average molecular weight is 544 g/mol. The van der Waals surface area contributed by atoms with Crippen LogP contribution in [0.1, 0.15) is 50.9 Å². The van der Waals surface area contributed by atoms with Crippen molar-refractivity contribution in [2.75, 3.05) is 0 Å². The van der Waals surface area contributed by atoms with Crippen molar-refractivity contribution in [3.63, 3.8) is 0 Å². The van der Waals surface area contributed by atoms with E-state index in [9.17, 15) is 0 Å². The molecule has 0 fully saturated rings. The average Bonchev–Trinajstić information content (AvgIpc) is 3.52. The molecule has 0 heterocycles. The molecule has 0 aromatic heterocycles. The summed E-state index contributed by atoms with van der Waals surface area (Å²) in [4.78, 5) is 0. The van der Waals surface area contributed by atoms with Gasteiger partial charge in [0.25, 0.3) is 0 Å². The van der Waals surface area contributed by atoms with Gasteiger partial charge in [-0.15, -0.1) is 0 Å². The van der Waals surface area contributed by atoms with E-state index in [0.29, 0.717) is 0 Å². The zero-order valence-electron chi connectivity index (χ0n) is 21.7. The van der Waals surface area contributed by atoms with E-state index in [2.05, 4.69) is 125 Å². The van der Waals surface area contributed by atoms with Gasteiger partial charge in [-0.05, 0) is 0 Å². The standard InChI is InChI=1S/C15H13.C15H14.C5H5.Zr/c1-10-3-5-14-12(7-10)9-13-8-11(2)4-6-15(13)14;1-12-3-7-14(8-4-12)11-15-9-5-13(2)6-10-15;1-2-4-5-3-1;/h3-7H,9H2,1-2H3;3-10H,1-2H3;1-3H,4H2;. The molecule has 4 aromatic rings. The number of rotatable bonds is 4. The van der Waals surface area contributed by atoms with E-state index in [1.54, 1.807) is 15.3 Å². The molecule has 0 radical (unpaired) electrons. The zero-order valence-corrected chi connectivity index (χ0v) is 24.1. The van der Waals surface area contributed by atoms with Crippen LogP contribution in [-0.2, 0) is 27.7 Å². The summed E-state index contributed by atoms with van der Waals surface area (Å²) in [7, 11) is 0. The summed E-state index contributed by atoms with van der Waals surface area (Å²) in [6.07, 6.45) is 9.24. The van der Waals surface area contributed by atoms with Gasteiger partial charge >= 0.3 is 224 Å². The minimum atomic E-state index is -2.57. The third-order valence-corrected chi connectivity index (χ3v) is 15.8. The molecule has 0 saturated carbocycles. The van der Waals surface area contributed by atoms with Gasteiger partial charge in [-0.25, -0.2) is 0 Å². The van der Waals surface area contributed by atoms with Crippen LogP contribution in [0.4, 0.5) is 0 Å². The first-order valence-corrected chi connectivity index (χ1v) is 16.7. The monoisotopic (exact) mass is 542 g/mol. The van der Waals surface area contributed by atoms with Crippen LogP contribution in [0.2, 0.25) is 0 Å². The molecule has 176 valence electrons. The summed E-state index contributed by atoms with van der Waals surface area (Å²) < 4.78 is 4.98. The van der Waals surface area contributed by atoms with E-state index >= 15 is 0 Å². The molecule has 2 aliphatic rings. The maximum absolute atomic E-state index is 2.57. The molecule has 0 saturated heterocycles. The summed E-state index contributed by atoms with van der Waals surface area (Å²) >= 11 is -2.57. The molecule has 6 rings (SSSR count). The Hall–Kier alpha value is -2.89. The van der Waals surface area contributed by atoms with Gasteiger partial charge in [0, 0.05) is 0 Å². The quantitative estimate of drug-likeness (QED) is 0.217. The summed E-state index contributed by atoms with van der Waals surface area (Å²) in [5.74, 6) is 0. The molecule has 4 aromatic carbocycles. The molecular weight excluding hydrogens is 512 g/mol. The summed E-state index contributed by atoms with van der Waals surface area (Å²) in [6, 6.07) is 30.4. The van der Waals surface area contributed by atoms with Gasteiger partial charge in [-0.1, -0.05) is 0 Å². The second-order valence-corrected chi connectivity index (χ2v) is 16.3. The third-order valence-electron chi connectivity index (χ3n) is 7.71. The Balaban J connectivity index is 1.70. The molecule has 0 atom stereocenters. The van der Waals surface area contributed by atoms with Crippen LogP contribution < -0.4 is 3.27 Å². The van der Waals surface area contributed by atoms with Gasteiger partial charge in [0.05, 0.1) is 0 Å². The fourth-order valence-electron chi connectivity index (χ4n) is 5.85. The third kappa shape index (κ3) is 4.18. The molecule has 2 aliphatic carbocycles. The van der Waals surface area contributed by atoms with Gasteiger partial charge < -0.3 is 0 Å². The Morgan fingerprint density at radius 2 is 1.28 bits per heavy atom. The molecule has 1 heteroatoms. The Labute approximate surface area is 223 Å². The first-order chi connectivity index (χ1) is 17.5. The molecular formula is C35H32Zr. The maximum atomic E-state index is 2.45. The van der Waals surface area contributed by atoms with Crippen LogP contribution in [0.3, 0.4) is 0 Å². The normalized spacial score (nSPS) is 13.4. The second kappa shape index (κ2) is 9.53. The SMILES string of the molecule is Cc1ccc([C](c2ccc(C)cc2)=[Zr]([C]2=CC=CC2)[c]2c(C)ccc3c2Cc2cc(C)ccc2-3)cc1. The summed E-state index contributed by atoms with van der Waals surface area (Å²) in [6.45, 7) is 8.94. The van der Waals surface area contributed by atoms with Crippen LogP contribution in [0.25, 0.3) is 11.1 Å². The van der Waals surface area contributed by atoms with Gasteiger partial charge in [0.2, 0.25) is 0 Å². The first-order valence-electron chi connectivity index (χ1n) is 13.0. The molecule has 0 amide bonds. The van der Waals surface area contributed by atoms with E-state index in [1.807, 2.05) is 0 Å². The van der Waals surface area contributed by atoms with E-state index in [-0.39, 0.29) is 0 Å². The fraction of sp³-hybridized carbons (Fsp3) is 0.171. The van der Waals surface area contributed by atoms with Crippen molar-refractivity contribution in [1.29, 1.82) is 0 Å². The number of benzene rings is 4. The van der Waals surface area contributed by atoms with Crippen LogP contribution >= 0.6 is 0 Å². The van der Waals surface area contributed by atoms with E-state index in [0.717, 1.165) is 12.8 Å². The van der Waals surface area contributed by atoms with Crippen molar-refractivity contribution in [1.82, 2.24) is 0 Å². The van der Waals surface area contributed by atoms with Crippen molar-refractivity contribution >= 4 is 6.48 Å². The number of hydrogen-bond acceptors (Lipinski definition) is 0. The van der Waals surface area contributed by atoms with E-state index in [4.69, 9.17) is 0 Å². The van der Waals surface area contributed by atoms with Gasteiger partial charge in [-0.3, -0.25) is 0 Å². The van der Waals surface area contributed by atoms with Gasteiger partial charge in [0.1, 0.15) is 0 Å². The molecule has 0 bridgehead atoms. The van der Waals surface area contributed by atoms with E-state index < -0.39 is 21.3 Å². The Kier molecular flexibility index (Phi) is 6.22. The van der Waals surface area contributed by atoms with Crippen LogP contribution in [0, 0.1) is 27.7 Å². The predicted octanol–water partition coefficient (Wildman–Crippen LogP) is 7.85. The number of hydrogen-bond donors (Lipinski definition) is 0. The number of fused-ring (bicyclic) bond motifs is 3. The fourth-order valence-corrected chi connectivity index (χ4v) is 14.2. The van der Waals surface area contributed by atoms with Gasteiger partial charge in [0.15, 0.2) is 0 Å². The first kappa shape index (κ1) is 23.5. The van der Waals surface area contributed by atoms with Crippen LogP contribution in [-0.4, -0.2) is 3.21 Å². The van der Waals surface area contributed by atoms with Crippen LogP contribution in [0.5, 0.6) is 0 Å². The Bertz CT molecular complexity index is 1530. The molecule has 0 spiro atoms. The second-order valence-electron chi connectivity index (χ2n) is 10.4. The Morgan fingerprint density at radius 3 is 1.89 bits per heavy atom. The molecule has 36 heavy (non-hydrogen) atoms. The summed E-state index contributed by atoms with van der Waals surface area (Å²) in [5.41, 5.74) is 14.2. The van der Waals surface area contributed by atoms with Crippen molar-refractivity contribution in [3.05, 3.63) is 145 Å². The molecule has 0 unspecified atom stereocenters. The Morgan fingerprint density at radius 1 is 0.667 bits per heavy atom. The summed E-state index contributed by atoms with van der Waals surface area (Å²) in [5, 5.41) is 0. The minimum absolute atomic E-state index is 1.06. The van der Waals surface area contributed by atoms with Crippen LogP contribution in [0.15, 0.2) is 100 Å². The molecule has 0 aliphatic heterocycles. The topological polar surface area (TPSA) is 0 Å². The number of allylic oxidation sites excluding steroid dienone is 4.